The predicted octanol–water partition coefficient (Wildman–Crippen LogP) is 3.20. The van der Waals surface area contributed by atoms with Crippen molar-refractivity contribution in [2.75, 3.05) is 30.8 Å². The van der Waals surface area contributed by atoms with Gasteiger partial charge < -0.3 is 14.8 Å². The van der Waals surface area contributed by atoms with Crippen molar-refractivity contribution in [3.05, 3.63) is 45.5 Å². The Labute approximate surface area is 204 Å². The Morgan fingerprint density at radius 1 is 1.24 bits per heavy atom. The Bertz CT molecular complexity index is 1140. The second-order valence-corrected chi connectivity index (χ2v) is 12.0. The van der Waals surface area contributed by atoms with Crippen molar-refractivity contribution in [2.45, 2.75) is 62.8 Å². The van der Waals surface area contributed by atoms with Gasteiger partial charge in [0.25, 0.3) is 5.56 Å². The van der Waals surface area contributed by atoms with Gasteiger partial charge in [0.15, 0.2) is 9.84 Å². The van der Waals surface area contributed by atoms with E-state index < -0.39 is 15.1 Å². The highest BCUT2D eigenvalue weighted by Gasteiger charge is 2.30. The molecule has 0 unspecified atom stereocenters. The van der Waals surface area contributed by atoms with E-state index >= 15 is 0 Å². The molecule has 0 bridgehead atoms. The molecule has 1 aliphatic heterocycles. The standard InChI is InChI=1S/C23H31ClN4O5S/c1-15(2)16-3-8-21(26-11-16)33-18-6-4-17(5-7-18)28-23(29)22(24)20(13-27-28)25-12-19-14-32-9-10-34(19,30)31/h3,8,11,13,15,17-19,25H,4-7,9-10,12,14H2,1-2H3/t17-,18-,19-/m0/s1. The third-order valence-corrected chi connectivity index (χ3v) is 8.91. The molecular formula is C23H31ClN4O5S. The van der Waals surface area contributed by atoms with Gasteiger partial charge in [-0.1, -0.05) is 31.5 Å². The zero-order chi connectivity index (χ0) is 24.3. The topological polar surface area (TPSA) is 112 Å². The second kappa shape index (κ2) is 10.6. The Morgan fingerprint density at radius 3 is 2.65 bits per heavy atom. The van der Waals surface area contributed by atoms with Crippen LogP contribution in [0.2, 0.25) is 5.02 Å². The van der Waals surface area contributed by atoms with Gasteiger partial charge in [0, 0.05) is 18.8 Å². The fraction of sp³-hybridized carbons (Fsp3) is 0.609. The third kappa shape index (κ3) is 5.72. The molecule has 2 aromatic heterocycles. The van der Waals surface area contributed by atoms with E-state index in [4.69, 9.17) is 21.1 Å². The first-order chi connectivity index (χ1) is 16.2. The molecule has 1 saturated heterocycles. The fourth-order valence-electron chi connectivity index (χ4n) is 4.28. The lowest BCUT2D eigenvalue weighted by molar-refractivity contribution is 0.123. The van der Waals surface area contributed by atoms with Crippen molar-refractivity contribution in [2.24, 2.45) is 0 Å². The number of sulfone groups is 1. The van der Waals surface area contributed by atoms with Gasteiger partial charge in [-0.15, -0.1) is 0 Å². The lowest BCUT2D eigenvalue weighted by atomic mass is 9.93. The van der Waals surface area contributed by atoms with Crippen molar-refractivity contribution in [1.29, 1.82) is 0 Å². The van der Waals surface area contributed by atoms with Crippen LogP contribution < -0.4 is 15.6 Å². The Balaban J connectivity index is 1.34. The molecule has 4 rings (SSSR count). The van der Waals surface area contributed by atoms with E-state index in [-0.39, 0.29) is 48.2 Å². The lowest BCUT2D eigenvalue weighted by Gasteiger charge is -2.29. The third-order valence-electron chi connectivity index (χ3n) is 6.49. The molecule has 11 heteroatoms. The second-order valence-electron chi connectivity index (χ2n) is 9.20. The first kappa shape index (κ1) is 24.9. The van der Waals surface area contributed by atoms with Crippen LogP contribution in [-0.2, 0) is 14.6 Å². The highest BCUT2D eigenvalue weighted by atomic mass is 35.5. The number of anilines is 1. The molecule has 3 heterocycles. The fourth-order valence-corrected chi connectivity index (χ4v) is 5.81. The Kier molecular flexibility index (Phi) is 7.79. The largest absolute Gasteiger partial charge is 0.474 e. The zero-order valence-electron chi connectivity index (χ0n) is 19.4. The lowest BCUT2D eigenvalue weighted by Crippen LogP contribution is -2.41. The molecule has 9 nitrogen and oxygen atoms in total. The van der Waals surface area contributed by atoms with E-state index in [9.17, 15) is 13.2 Å². The predicted molar refractivity (Wildman–Crippen MR) is 131 cm³/mol. The molecule has 1 atom stereocenters. The highest BCUT2D eigenvalue weighted by molar-refractivity contribution is 7.92. The summed E-state index contributed by atoms with van der Waals surface area (Å²) in [7, 11) is -3.23. The first-order valence-corrected chi connectivity index (χ1v) is 13.8. The maximum Gasteiger partial charge on any atom is 0.287 e. The molecule has 2 aromatic rings. The van der Waals surface area contributed by atoms with Crippen LogP contribution >= 0.6 is 11.6 Å². The van der Waals surface area contributed by atoms with Crippen molar-refractivity contribution in [1.82, 2.24) is 14.8 Å². The van der Waals surface area contributed by atoms with Crippen molar-refractivity contribution in [3.63, 3.8) is 0 Å². The van der Waals surface area contributed by atoms with Crippen LogP contribution in [0.3, 0.4) is 0 Å². The first-order valence-electron chi connectivity index (χ1n) is 11.7. The van der Waals surface area contributed by atoms with Crippen molar-refractivity contribution < 1.29 is 17.9 Å². The molecular weight excluding hydrogens is 480 g/mol. The summed E-state index contributed by atoms with van der Waals surface area (Å²) in [6.45, 7) is 4.70. The van der Waals surface area contributed by atoms with E-state index in [1.54, 1.807) is 0 Å². The number of nitrogens with zero attached hydrogens (tertiary/aromatic N) is 3. The van der Waals surface area contributed by atoms with Gasteiger partial charge in [-0.25, -0.2) is 18.1 Å². The quantitative estimate of drug-likeness (QED) is 0.604. The van der Waals surface area contributed by atoms with E-state index in [1.807, 2.05) is 18.3 Å². The number of rotatable bonds is 7. The number of ether oxygens (including phenoxy) is 2. The Hall–Kier alpha value is -2.17. The summed E-state index contributed by atoms with van der Waals surface area (Å²) in [5.74, 6) is 1.04. The van der Waals surface area contributed by atoms with Crippen LogP contribution in [0.15, 0.2) is 29.3 Å². The van der Waals surface area contributed by atoms with Gasteiger partial charge in [-0.05, 0) is 37.2 Å². The summed E-state index contributed by atoms with van der Waals surface area (Å²) in [5.41, 5.74) is 1.12. The molecule has 0 amide bonds. The number of aromatic nitrogens is 3. The Morgan fingerprint density at radius 2 is 2.00 bits per heavy atom. The minimum atomic E-state index is -3.23. The van der Waals surface area contributed by atoms with Gasteiger partial charge in [0.2, 0.25) is 5.88 Å². The SMILES string of the molecule is CC(C)c1ccc(O[C@H]2CC[C@H](n3ncc(NC[C@H]4COCCS4(=O)=O)c(Cl)c3=O)CC2)nc1. The van der Waals surface area contributed by atoms with Crippen LogP contribution in [0.4, 0.5) is 5.69 Å². The van der Waals surface area contributed by atoms with E-state index in [2.05, 4.69) is 29.2 Å². The molecule has 186 valence electrons. The molecule has 34 heavy (non-hydrogen) atoms. The minimum Gasteiger partial charge on any atom is -0.474 e. The number of halogens is 1. The summed E-state index contributed by atoms with van der Waals surface area (Å²) < 4.78 is 37.0. The summed E-state index contributed by atoms with van der Waals surface area (Å²) in [4.78, 5) is 17.3. The summed E-state index contributed by atoms with van der Waals surface area (Å²) in [6, 6.07) is 3.88. The van der Waals surface area contributed by atoms with Crippen molar-refractivity contribution in [3.8, 4) is 5.88 Å². The zero-order valence-corrected chi connectivity index (χ0v) is 21.0. The number of nitrogens with one attached hydrogen (secondary N) is 1. The van der Waals surface area contributed by atoms with Gasteiger partial charge in [0.05, 0.1) is 36.9 Å². The molecule has 0 radical (unpaired) electrons. The van der Waals surface area contributed by atoms with Gasteiger partial charge in [-0.3, -0.25) is 4.79 Å². The monoisotopic (exact) mass is 510 g/mol. The maximum absolute atomic E-state index is 12.9. The molecule has 1 N–H and O–H groups in total. The van der Waals surface area contributed by atoms with Crippen LogP contribution in [0.1, 0.15) is 57.1 Å². The average molecular weight is 511 g/mol. The number of hydrogen-bond acceptors (Lipinski definition) is 8. The van der Waals surface area contributed by atoms with Crippen LogP contribution in [0, 0.1) is 0 Å². The van der Waals surface area contributed by atoms with E-state index in [0.29, 0.717) is 17.5 Å². The van der Waals surface area contributed by atoms with Gasteiger partial charge in [0.1, 0.15) is 16.4 Å². The van der Waals surface area contributed by atoms with E-state index in [1.165, 1.54) is 16.4 Å². The van der Waals surface area contributed by atoms with E-state index in [0.717, 1.165) is 25.7 Å². The number of pyridine rings is 1. The van der Waals surface area contributed by atoms with Crippen LogP contribution in [0.5, 0.6) is 5.88 Å². The van der Waals surface area contributed by atoms with Gasteiger partial charge in [-0.2, -0.15) is 5.10 Å². The van der Waals surface area contributed by atoms with Gasteiger partial charge >= 0.3 is 0 Å². The molecule has 0 spiro atoms. The maximum atomic E-state index is 12.9. The summed E-state index contributed by atoms with van der Waals surface area (Å²) in [6.07, 6.45) is 6.42. The van der Waals surface area contributed by atoms with Crippen LogP contribution in [-0.4, -0.2) is 60.0 Å². The summed E-state index contributed by atoms with van der Waals surface area (Å²) in [5, 5.41) is 6.62. The van der Waals surface area contributed by atoms with Crippen LogP contribution in [0.25, 0.3) is 0 Å². The molecule has 1 saturated carbocycles. The molecule has 2 aliphatic rings. The van der Waals surface area contributed by atoms with Crippen molar-refractivity contribution >= 4 is 27.1 Å². The molecule has 1 aliphatic carbocycles. The molecule has 0 aromatic carbocycles. The highest BCUT2D eigenvalue weighted by Crippen LogP contribution is 2.30. The molecule has 2 fully saturated rings. The number of hydrogen-bond donors (Lipinski definition) is 1. The average Bonchev–Trinajstić information content (AvgIpc) is 2.82. The smallest absolute Gasteiger partial charge is 0.287 e. The normalized spacial score (nSPS) is 24.6. The summed E-state index contributed by atoms with van der Waals surface area (Å²) >= 11 is 6.33. The minimum absolute atomic E-state index is 0.00136.